The number of rotatable bonds is 8. The zero-order valence-electron chi connectivity index (χ0n) is 10.0. The number of allylic oxidation sites excluding steroid dienone is 1. The van der Waals surface area contributed by atoms with Crippen LogP contribution in [0.4, 0.5) is 0 Å². The van der Waals surface area contributed by atoms with Gasteiger partial charge in [-0.15, -0.1) is 0 Å². The van der Waals surface area contributed by atoms with Crippen molar-refractivity contribution in [2.24, 2.45) is 0 Å². The van der Waals surface area contributed by atoms with E-state index in [9.17, 15) is 14.7 Å². The van der Waals surface area contributed by atoms with Crippen LogP contribution in [0.5, 0.6) is 0 Å². The number of carbonyl (C=O) groups excluding carboxylic acids is 2. The molecular weight excluding hydrogens is 220 g/mol. The number of hydrogen-bond donors (Lipinski definition) is 2. The summed E-state index contributed by atoms with van der Waals surface area (Å²) in [5.41, 5.74) is 0.754. The zero-order chi connectivity index (χ0) is 12.7. The van der Waals surface area contributed by atoms with Crippen LogP contribution in [0.25, 0.3) is 0 Å². The van der Waals surface area contributed by atoms with E-state index in [0.717, 1.165) is 37.7 Å². The lowest BCUT2D eigenvalue weighted by Crippen LogP contribution is -2.02. The maximum atomic E-state index is 11.3. The average Bonchev–Trinajstić information content (AvgIpc) is 2.62. The Morgan fingerprint density at radius 3 is 2.59 bits per heavy atom. The fourth-order valence-corrected chi connectivity index (χ4v) is 2.00. The first-order valence-corrected chi connectivity index (χ1v) is 6.18. The fraction of sp³-hybridized carbons (Fsp3) is 0.692. The van der Waals surface area contributed by atoms with Gasteiger partial charge in [0.25, 0.3) is 0 Å². The van der Waals surface area contributed by atoms with Gasteiger partial charge in [-0.05, 0) is 30.9 Å². The van der Waals surface area contributed by atoms with Crippen LogP contribution in [0, 0.1) is 0 Å². The number of hydrogen-bond acceptors (Lipinski definition) is 4. The van der Waals surface area contributed by atoms with E-state index in [-0.39, 0.29) is 24.6 Å². The molecule has 2 N–H and O–H groups in total. The predicted molar refractivity (Wildman–Crippen MR) is 63.5 cm³/mol. The molecule has 0 aromatic carbocycles. The number of aliphatic hydroxyl groups is 2. The maximum Gasteiger partial charge on any atom is 0.161 e. The highest BCUT2D eigenvalue weighted by molar-refractivity contribution is 5.98. The monoisotopic (exact) mass is 240 g/mol. The van der Waals surface area contributed by atoms with E-state index in [1.165, 1.54) is 0 Å². The molecule has 0 saturated heterocycles. The number of Topliss-reactive ketones (excluding diaryl/α,β-unsaturated/α-hetero) is 2. The van der Waals surface area contributed by atoms with Gasteiger partial charge in [0, 0.05) is 12.8 Å². The van der Waals surface area contributed by atoms with E-state index >= 15 is 0 Å². The SMILES string of the molecule is O=C(CO)CCCCCCC1=CC(O)CC1=O. The molecule has 0 aromatic rings. The Labute approximate surface area is 101 Å². The van der Waals surface area contributed by atoms with E-state index in [0.29, 0.717) is 6.42 Å². The third-order valence-electron chi connectivity index (χ3n) is 2.97. The Bertz CT molecular complexity index is 307. The lowest BCUT2D eigenvalue weighted by Gasteiger charge is -2.01. The first-order chi connectivity index (χ1) is 8.13. The van der Waals surface area contributed by atoms with Gasteiger partial charge in [-0.1, -0.05) is 12.8 Å². The van der Waals surface area contributed by atoms with Crippen molar-refractivity contribution in [3.05, 3.63) is 11.6 Å². The summed E-state index contributed by atoms with van der Waals surface area (Å²) in [6.45, 7) is -0.362. The lowest BCUT2D eigenvalue weighted by atomic mass is 10.0. The largest absolute Gasteiger partial charge is 0.389 e. The van der Waals surface area contributed by atoms with Crippen molar-refractivity contribution in [1.29, 1.82) is 0 Å². The van der Waals surface area contributed by atoms with Crippen molar-refractivity contribution in [1.82, 2.24) is 0 Å². The number of ketones is 2. The molecule has 1 unspecified atom stereocenters. The number of unbranched alkanes of at least 4 members (excludes halogenated alkanes) is 3. The number of aliphatic hydroxyl groups excluding tert-OH is 2. The van der Waals surface area contributed by atoms with Crippen LogP contribution in [-0.4, -0.2) is 34.5 Å². The van der Waals surface area contributed by atoms with Gasteiger partial charge in [0.2, 0.25) is 0 Å². The molecule has 0 bridgehead atoms. The fourth-order valence-electron chi connectivity index (χ4n) is 2.00. The number of carbonyl (C=O) groups is 2. The molecule has 0 amide bonds. The normalized spacial score (nSPS) is 19.5. The summed E-state index contributed by atoms with van der Waals surface area (Å²) in [6, 6.07) is 0. The van der Waals surface area contributed by atoms with Gasteiger partial charge in [-0.2, -0.15) is 0 Å². The van der Waals surface area contributed by atoms with Crippen molar-refractivity contribution < 1.29 is 19.8 Å². The summed E-state index contributed by atoms with van der Waals surface area (Å²) in [5, 5.41) is 17.8. The minimum atomic E-state index is -0.584. The highest BCUT2D eigenvalue weighted by atomic mass is 16.3. The maximum absolute atomic E-state index is 11.3. The van der Waals surface area contributed by atoms with Gasteiger partial charge < -0.3 is 10.2 Å². The third-order valence-corrected chi connectivity index (χ3v) is 2.97. The molecule has 0 aromatic heterocycles. The molecule has 1 aliphatic carbocycles. The molecule has 0 fully saturated rings. The van der Waals surface area contributed by atoms with Crippen molar-refractivity contribution >= 4 is 11.6 Å². The summed E-state index contributed by atoms with van der Waals surface area (Å²) in [6.07, 6.45) is 6.10. The third kappa shape index (κ3) is 5.24. The lowest BCUT2D eigenvalue weighted by molar-refractivity contribution is -0.121. The Hall–Kier alpha value is -1.00. The highest BCUT2D eigenvalue weighted by Crippen LogP contribution is 2.20. The molecule has 0 saturated carbocycles. The summed E-state index contributed by atoms with van der Waals surface area (Å²) in [5.74, 6) is -0.0465. The van der Waals surface area contributed by atoms with Gasteiger partial charge in [-0.3, -0.25) is 9.59 Å². The summed E-state index contributed by atoms with van der Waals surface area (Å²) >= 11 is 0. The molecule has 0 aliphatic heterocycles. The Balaban J connectivity index is 2.03. The van der Waals surface area contributed by atoms with Crippen LogP contribution in [0.2, 0.25) is 0 Å². The molecule has 4 heteroatoms. The van der Waals surface area contributed by atoms with Crippen molar-refractivity contribution in [3.8, 4) is 0 Å². The molecule has 1 aliphatic rings. The van der Waals surface area contributed by atoms with Crippen LogP contribution < -0.4 is 0 Å². The van der Waals surface area contributed by atoms with E-state index in [1.54, 1.807) is 6.08 Å². The van der Waals surface area contributed by atoms with Crippen LogP contribution in [-0.2, 0) is 9.59 Å². The van der Waals surface area contributed by atoms with Crippen molar-refractivity contribution in [2.45, 2.75) is 51.0 Å². The van der Waals surface area contributed by atoms with E-state index < -0.39 is 6.10 Å². The molecular formula is C13H20O4. The second-order valence-electron chi connectivity index (χ2n) is 4.50. The molecule has 1 atom stereocenters. The first-order valence-electron chi connectivity index (χ1n) is 6.18. The van der Waals surface area contributed by atoms with Crippen molar-refractivity contribution in [2.75, 3.05) is 6.61 Å². The molecule has 96 valence electrons. The zero-order valence-corrected chi connectivity index (χ0v) is 10.0. The van der Waals surface area contributed by atoms with Gasteiger partial charge >= 0.3 is 0 Å². The van der Waals surface area contributed by atoms with Gasteiger partial charge in [0.05, 0.1) is 6.10 Å². The molecule has 4 nitrogen and oxygen atoms in total. The molecule has 1 rings (SSSR count). The average molecular weight is 240 g/mol. The summed E-state index contributed by atoms with van der Waals surface area (Å²) in [7, 11) is 0. The highest BCUT2D eigenvalue weighted by Gasteiger charge is 2.21. The standard InChI is InChI=1S/C13H20O4/c14-9-11(15)6-4-2-1-3-5-10-7-12(16)8-13(10)17/h7,12,14,16H,1-6,8-9H2. The molecule has 0 radical (unpaired) electrons. The van der Waals surface area contributed by atoms with Gasteiger partial charge in [0.1, 0.15) is 6.61 Å². The molecule has 0 spiro atoms. The minimum Gasteiger partial charge on any atom is -0.389 e. The van der Waals surface area contributed by atoms with E-state index in [2.05, 4.69) is 0 Å². The van der Waals surface area contributed by atoms with Crippen LogP contribution in [0.15, 0.2) is 11.6 Å². The molecule has 0 heterocycles. The van der Waals surface area contributed by atoms with E-state index in [1.807, 2.05) is 0 Å². The first kappa shape index (κ1) is 14.1. The smallest absolute Gasteiger partial charge is 0.161 e. The van der Waals surface area contributed by atoms with Crippen LogP contribution in [0.1, 0.15) is 44.9 Å². The second-order valence-corrected chi connectivity index (χ2v) is 4.50. The Morgan fingerprint density at radius 2 is 2.00 bits per heavy atom. The molecule has 17 heavy (non-hydrogen) atoms. The minimum absolute atomic E-state index is 0.0629. The summed E-state index contributed by atoms with van der Waals surface area (Å²) < 4.78 is 0. The van der Waals surface area contributed by atoms with Gasteiger partial charge in [0.15, 0.2) is 11.6 Å². The van der Waals surface area contributed by atoms with E-state index in [4.69, 9.17) is 5.11 Å². The quantitative estimate of drug-likeness (QED) is 0.624. The Kier molecular flexibility index (Phi) is 6.08. The van der Waals surface area contributed by atoms with Crippen molar-refractivity contribution in [3.63, 3.8) is 0 Å². The van der Waals surface area contributed by atoms with Crippen LogP contribution >= 0.6 is 0 Å². The second kappa shape index (κ2) is 7.35. The van der Waals surface area contributed by atoms with Crippen LogP contribution in [0.3, 0.4) is 0 Å². The Morgan fingerprint density at radius 1 is 1.29 bits per heavy atom. The summed E-state index contributed by atoms with van der Waals surface area (Å²) in [4.78, 5) is 22.1. The predicted octanol–water partition coefficient (Wildman–Crippen LogP) is 1.15. The topological polar surface area (TPSA) is 74.6 Å². The van der Waals surface area contributed by atoms with Gasteiger partial charge in [-0.25, -0.2) is 0 Å².